The van der Waals surface area contributed by atoms with Crippen molar-refractivity contribution in [2.75, 3.05) is 0 Å². The molecular formula is C15H20O2. The summed E-state index contributed by atoms with van der Waals surface area (Å²) in [5.41, 5.74) is 0.375. The summed E-state index contributed by atoms with van der Waals surface area (Å²) >= 11 is 0. The van der Waals surface area contributed by atoms with Crippen LogP contribution in [0.1, 0.15) is 46.5 Å². The van der Waals surface area contributed by atoms with Gasteiger partial charge in [-0.2, -0.15) is 0 Å². The van der Waals surface area contributed by atoms with Crippen molar-refractivity contribution in [2.45, 2.75) is 46.5 Å². The molecule has 0 unspecified atom stereocenters. The number of hydrogen-bond acceptors (Lipinski definition) is 2. The largest absolute Gasteiger partial charge is 0.299 e. The van der Waals surface area contributed by atoms with Crippen molar-refractivity contribution in [3.63, 3.8) is 0 Å². The van der Waals surface area contributed by atoms with Crippen molar-refractivity contribution in [3.05, 3.63) is 11.6 Å². The quantitative estimate of drug-likeness (QED) is 0.651. The van der Waals surface area contributed by atoms with Gasteiger partial charge in [0.2, 0.25) is 0 Å². The molecule has 0 saturated heterocycles. The fourth-order valence-electron chi connectivity index (χ4n) is 5.38. The lowest BCUT2D eigenvalue weighted by Crippen LogP contribution is -2.45. The number of aldehydes is 1. The standard InChI is InChI=1S/C15H20O2/c1-10-4-6-14-7-5-12(17)15(10,14)11(9-16)8-13(14,2)3/h8-10H,4-7H2,1-3H3/t10-,14+,15+/m1/s1. The molecule has 2 nitrogen and oxygen atoms in total. The van der Waals surface area contributed by atoms with E-state index in [2.05, 4.69) is 26.8 Å². The van der Waals surface area contributed by atoms with Crippen molar-refractivity contribution in [2.24, 2.45) is 22.2 Å². The number of rotatable bonds is 1. The molecule has 2 heteroatoms. The molecule has 0 aromatic heterocycles. The Morgan fingerprint density at radius 2 is 2.06 bits per heavy atom. The maximum atomic E-state index is 12.5. The first-order chi connectivity index (χ1) is 7.92. The first-order valence-electron chi connectivity index (χ1n) is 6.64. The summed E-state index contributed by atoms with van der Waals surface area (Å²) in [6, 6.07) is 0. The van der Waals surface area contributed by atoms with Crippen LogP contribution in [0.15, 0.2) is 11.6 Å². The minimum Gasteiger partial charge on any atom is -0.299 e. The van der Waals surface area contributed by atoms with Crippen molar-refractivity contribution < 1.29 is 9.59 Å². The van der Waals surface area contributed by atoms with E-state index in [-0.39, 0.29) is 10.8 Å². The molecule has 0 spiro atoms. The van der Waals surface area contributed by atoms with Crippen LogP contribution in [0.4, 0.5) is 0 Å². The zero-order valence-corrected chi connectivity index (χ0v) is 10.9. The summed E-state index contributed by atoms with van der Waals surface area (Å²) < 4.78 is 0. The monoisotopic (exact) mass is 232 g/mol. The third-order valence-corrected chi connectivity index (χ3v) is 6.05. The van der Waals surface area contributed by atoms with Crippen LogP contribution in [-0.4, -0.2) is 12.1 Å². The highest BCUT2D eigenvalue weighted by atomic mass is 16.1. The van der Waals surface area contributed by atoms with Gasteiger partial charge in [0.15, 0.2) is 0 Å². The van der Waals surface area contributed by atoms with E-state index >= 15 is 0 Å². The van der Waals surface area contributed by atoms with Crippen LogP contribution >= 0.6 is 0 Å². The number of Topliss-reactive ketones (excluding diaryl/α,β-unsaturated/α-hetero) is 1. The van der Waals surface area contributed by atoms with Gasteiger partial charge in [-0.05, 0) is 36.0 Å². The molecule has 3 rings (SSSR count). The molecule has 3 aliphatic rings. The van der Waals surface area contributed by atoms with Crippen LogP contribution in [0.2, 0.25) is 0 Å². The summed E-state index contributed by atoms with van der Waals surface area (Å²) in [5, 5.41) is 0. The number of carbonyl (C=O) groups is 2. The Kier molecular flexibility index (Phi) is 1.91. The fraction of sp³-hybridized carbons (Fsp3) is 0.733. The second-order valence-electron chi connectivity index (χ2n) is 6.69. The Labute approximate surface area is 102 Å². The van der Waals surface area contributed by atoms with E-state index in [4.69, 9.17) is 0 Å². The maximum absolute atomic E-state index is 12.5. The molecule has 2 saturated carbocycles. The second kappa shape index (κ2) is 2.90. The van der Waals surface area contributed by atoms with Gasteiger partial charge >= 0.3 is 0 Å². The second-order valence-corrected chi connectivity index (χ2v) is 6.69. The van der Waals surface area contributed by atoms with Gasteiger partial charge in [-0.25, -0.2) is 0 Å². The molecule has 3 atom stereocenters. The van der Waals surface area contributed by atoms with Crippen LogP contribution < -0.4 is 0 Å². The first-order valence-corrected chi connectivity index (χ1v) is 6.64. The normalized spacial score (nSPS) is 46.6. The lowest BCUT2D eigenvalue weighted by atomic mass is 9.57. The summed E-state index contributed by atoms with van der Waals surface area (Å²) in [6.45, 7) is 6.56. The van der Waals surface area contributed by atoms with Gasteiger partial charge in [0.1, 0.15) is 12.1 Å². The fourth-order valence-corrected chi connectivity index (χ4v) is 5.38. The van der Waals surface area contributed by atoms with E-state index in [0.29, 0.717) is 18.1 Å². The summed E-state index contributed by atoms with van der Waals surface area (Å²) in [4.78, 5) is 24.0. The summed E-state index contributed by atoms with van der Waals surface area (Å²) in [6.07, 6.45) is 6.86. The topological polar surface area (TPSA) is 34.1 Å². The molecule has 0 N–H and O–H groups in total. The molecule has 17 heavy (non-hydrogen) atoms. The molecule has 92 valence electrons. The van der Waals surface area contributed by atoms with E-state index < -0.39 is 5.41 Å². The number of hydrogen-bond donors (Lipinski definition) is 0. The molecular weight excluding hydrogens is 212 g/mol. The van der Waals surface area contributed by atoms with Crippen LogP contribution in [0.5, 0.6) is 0 Å². The third-order valence-electron chi connectivity index (χ3n) is 6.05. The van der Waals surface area contributed by atoms with E-state index in [1.807, 2.05) is 0 Å². The van der Waals surface area contributed by atoms with Crippen LogP contribution in [0, 0.1) is 22.2 Å². The molecule has 0 amide bonds. The smallest absolute Gasteiger partial charge is 0.146 e. The molecule has 0 aliphatic heterocycles. The van der Waals surface area contributed by atoms with Crippen LogP contribution in [0.25, 0.3) is 0 Å². The molecule has 0 radical (unpaired) electrons. The van der Waals surface area contributed by atoms with E-state index in [0.717, 1.165) is 31.1 Å². The predicted molar refractivity (Wildman–Crippen MR) is 65.4 cm³/mol. The highest BCUT2D eigenvalue weighted by Crippen LogP contribution is 2.76. The maximum Gasteiger partial charge on any atom is 0.146 e. The SMILES string of the molecule is C[C@@H]1CC[C@@]23CCC(=O)[C@@]12C(C=O)=CC3(C)C. The minimum absolute atomic E-state index is 0.0137. The lowest BCUT2D eigenvalue weighted by Gasteiger charge is -2.44. The number of ketones is 1. The summed E-state index contributed by atoms with van der Waals surface area (Å²) in [7, 11) is 0. The highest BCUT2D eigenvalue weighted by molar-refractivity contribution is 6.00. The van der Waals surface area contributed by atoms with Gasteiger partial charge in [0.05, 0.1) is 5.41 Å². The zero-order chi connectivity index (χ0) is 12.5. The first kappa shape index (κ1) is 11.2. The average Bonchev–Trinajstić information content (AvgIpc) is 2.80. The van der Waals surface area contributed by atoms with Crippen molar-refractivity contribution in [1.82, 2.24) is 0 Å². The van der Waals surface area contributed by atoms with E-state index in [1.165, 1.54) is 0 Å². The average molecular weight is 232 g/mol. The van der Waals surface area contributed by atoms with Crippen molar-refractivity contribution in [3.8, 4) is 0 Å². The molecule has 3 aliphatic carbocycles. The van der Waals surface area contributed by atoms with Crippen LogP contribution in [-0.2, 0) is 9.59 Å². The highest BCUT2D eigenvalue weighted by Gasteiger charge is 2.74. The summed E-state index contributed by atoms with van der Waals surface area (Å²) in [5.74, 6) is 0.655. The number of carbonyl (C=O) groups excluding carboxylic acids is 2. The van der Waals surface area contributed by atoms with E-state index in [1.54, 1.807) is 0 Å². The Bertz CT molecular complexity index is 446. The van der Waals surface area contributed by atoms with Crippen molar-refractivity contribution in [1.29, 1.82) is 0 Å². The Balaban J connectivity index is 2.32. The zero-order valence-electron chi connectivity index (χ0n) is 10.9. The predicted octanol–water partition coefficient (Wildman–Crippen LogP) is 2.92. The molecule has 2 fully saturated rings. The molecule has 0 heterocycles. The Morgan fingerprint density at radius 1 is 1.35 bits per heavy atom. The molecule has 0 bridgehead atoms. The van der Waals surface area contributed by atoms with Gasteiger partial charge in [-0.1, -0.05) is 26.8 Å². The Hall–Kier alpha value is -0.920. The van der Waals surface area contributed by atoms with E-state index in [9.17, 15) is 9.59 Å². The van der Waals surface area contributed by atoms with Gasteiger partial charge in [0.25, 0.3) is 0 Å². The third kappa shape index (κ3) is 0.882. The molecule has 0 aromatic carbocycles. The Morgan fingerprint density at radius 3 is 2.71 bits per heavy atom. The van der Waals surface area contributed by atoms with Gasteiger partial charge in [0, 0.05) is 12.0 Å². The van der Waals surface area contributed by atoms with Gasteiger partial charge in [-0.3, -0.25) is 9.59 Å². The van der Waals surface area contributed by atoms with Gasteiger partial charge in [-0.15, -0.1) is 0 Å². The lowest BCUT2D eigenvalue weighted by molar-refractivity contribution is -0.130. The van der Waals surface area contributed by atoms with Gasteiger partial charge < -0.3 is 0 Å². The minimum atomic E-state index is -0.432. The number of allylic oxidation sites excluding steroid dienone is 2. The van der Waals surface area contributed by atoms with Crippen LogP contribution in [0.3, 0.4) is 0 Å². The molecule has 0 aromatic rings. The van der Waals surface area contributed by atoms with Crippen molar-refractivity contribution >= 4 is 12.1 Å².